The summed E-state index contributed by atoms with van der Waals surface area (Å²) in [5.74, 6) is 0.243. The fraction of sp³-hybridized carbons (Fsp3) is 0.818. The maximum atomic E-state index is 12.2. The number of fused-ring (bicyclic) bond motifs is 4. The molecule has 3 heterocycles. The van der Waals surface area contributed by atoms with Gasteiger partial charge in [-0.15, -0.1) is 0 Å². The predicted octanol–water partition coefficient (Wildman–Crippen LogP) is 0.123. The van der Waals surface area contributed by atoms with Crippen LogP contribution in [-0.4, -0.2) is 63.7 Å². The van der Waals surface area contributed by atoms with Crippen LogP contribution in [0.15, 0.2) is 0 Å². The van der Waals surface area contributed by atoms with Crippen LogP contribution in [0.25, 0.3) is 0 Å². The first-order valence-corrected chi connectivity index (χ1v) is 6.21. The van der Waals surface area contributed by atoms with E-state index >= 15 is 0 Å². The molecule has 3 fully saturated rings. The van der Waals surface area contributed by atoms with Crippen LogP contribution < -0.4 is 0 Å². The van der Waals surface area contributed by atoms with E-state index in [2.05, 4.69) is 0 Å². The Balaban J connectivity index is 1.85. The number of rotatable bonds is 2. The van der Waals surface area contributed by atoms with Gasteiger partial charge in [-0.05, 0) is 12.8 Å². The van der Waals surface area contributed by atoms with Gasteiger partial charge in [0.25, 0.3) is 0 Å². The monoisotopic (exact) mass is 239 g/mol. The van der Waals surface area contributed by atoms with Gasteiger partial charge in [0.1, 0.15) is 6.04 Å². The van der Waals surface area contributed by atoms with Crippen LogP contribution in [0, 0.1) is 5.92 Å². The lowest BCUT2D eigenvalue weighted by Gasteiger charge is -2.30. The lowest BCUT2D eigenvalue weighted by molar-refractivity contribution is -0.131. The van der Waals surface area contributed by atoms with Gasteiger partial charge >= 0.3 is 6.03 Å². The first-order valence-electron chi connectivity index (χ1n) is 6.21. The molecule has 3 aliphatic rings. The minimum Gasteiger partial charge on any atom is -0.341 e. The Morgan fingerprint density at radius 2 is 2.12 bits per heavy atom. The highest BCUT2D eigenvalue weighted by molar-refractivity contribution is 5.90. The summed E-state index contributed by atoms with van der Waals surface area (Å²) < 4.78 is 0. The van der Waals surface area contributed by atoms with Gasteiger partial charge < -0.3 is 9.80 Å². The van der Waals surface area contributed by atoms with Crippen molar-refractivity contribution < 1.29 is 14.8 Å². The molecule has 3 rings (SSSR count). The molecular formula is C11H17N3O3. The van der Waals surface area contributed by atoms with Crippen molar-refractivity contribution in [3.8, 4) is 0 Å². The molecule has 3 saturated heterocycles. The Labute approximate surface area is 99.7 Å². The van der Waals surface area contributed by atoms with Crippen LogP contribution >= 0.6 is 0 Å². The molecule has 3 atom stereocenters. The lowest BCUT2D eigenvalue weighted by Crippen LogP contribution is -2.48. The Morgan fingerprint density at radius 1 is 1.35 bits per heavy atom. The van der Waals surface area contributed by atoms with Gasteiger partial charge in [0.05, 0.1) is 6.04 Å². The van der Waals surface area contributed by atoms with Crippen molar-refractivity contribution in [3.05, 3.63) is 0 Å². The maximum Gasteiger partial charge on any atom is 0.344 e. The molecule has 2 bridgehead atoms. The quantitative estimate of drug-likeness (QED) is 0.696. The van der Waals surface area contributed by atoms with Crippen molar-refractivity contribution in [1.29, 1.82) is 0 Å². The van der Waals surface area contributed by atoms with Crippen molar-refractivity contribution >= 4 is 11.9 Å². The molecule has 0 saturated carbocycles. The Hall–Kier alpha value is -1.30. The van der Waals surface area contributed by atoms with E-state index in [0.717, 1.165) is 31.0 Å². The topological polar surface area (TPSA) is 64.1 Å². The number of likely N-dealkylation sites (tertiary alicyclic amines) is 1. The van der Waals surface area contributed by atoms with E-state index in [1.807, 2.05) is 11.8 Å². The number of piperidine rings is 1. The van der Waals surface area contributed by atoms with E-state index in [9.17, 15) is 14.8 Å². The molecule has 3 aliphatic heterocycles. The zero-order chi connectivity index (χ0) is 12.2. The van der Waals surface area contributed by atoms with E-state index in [1.54, 1.807) is 0 Å². The first-order chi connectivity index (χ1) is 8.13. The molecule has 0 aliphatic carbocycles. The van der Waals surface area contributed by atoms with Crippen LogP contribution in [0.1, 0.15) is 19.8 Å². The molecule has 0 aromatic carbocycles. The third-order valence-corrected chi connectivity index (χ3v) is 4.07. The highest BCUT2D eigenvalue weighted by atomic mass is 16.5. The maximum absolute atomic E-state index is 12.2. The predicted molar refractivity (Wildman–Crippen MR) is 58.3 cm³/mol. The third kappa shape index (κ3) is 1.36. The number of amides is 3. The number of hydrogen-bond acceptors (Lipinski definition) is 3. The Kier molecular flexibility index (Phi) is 2.29. The van der Waals surface area contributed by atoms with Crippen molar-refractivity contribution in [2.75, 3.05) is 19.6 Å². The molecule has 0 radical (unpaired) electrons. The number of hydroxylamine groups is 2. The summed E-state index contributed by atoms with van der Waals surface area (Å²) >= 11 is 0. The summed E-state index contributed by atoms with van der Waals surface area (Å²) in [5.41, 5.74) is 0. The largest absolute Gasteiger partial charge is 0.344 e. The van der Waals surface area contributed by atoms with Crippen molar-refractivity contribution in [3.63, 3.8) is 0 Å². The molecule has 0 aromatic heterocycles. The SMILES string of the molecule is CCCN1CC2CC3CN(C(=O)N3O)C2C1=O. The Morgan fingerprint density at radius 3 is 2.82 bits per heavy atom. The molecule has 0 spiro atoms. The van der Waals surface area contributed by atoms with Gasteiger partial charge in [0.2, 0.25) is 5.91 Å². The minimum absolute atomic E-state index is 0.0546. The zero-order valence-electron chi connectivity index (χ0n) is 9.87. The highest BCUT2D eigenvalue weighted by Crippen LogP contribution is 2.37. The summed E-state index contributed by atoms with van der Waals surface area (Å²) in [4.78, 5) is 27.4. The van der Waals surface area contributed by atoms with Gasteiger partial charge in [-0.3, -0.25) is 10.0 Å². The zero-order valence-corrected chi connectivity index (χ0v) is 9.87. The van der Waals surface area contributed by atoms with E-state index in [-0.39, 0.29) is 23.9 Å². The van der Waals surface area contributed by atoms with Crippen molar-refractivity contribution in [2.45, 2.75) is 31.8 Å². The summed E-state index contributed by atoms with van der Waals surface area (Å²) in [5, 5.41) is 10.4. The molecular weight excluding hydrogens is 222 g/mol. The second-order valence-electron chi connectivity index (χ2n) is 5.16. The second kappa shape index (κ2) is 3.60. The minimum atomic E-state index is -0.408. The normalized spacial score (nSPS) is 35.9. The average Bonchev–Trinajstić information content (AvgIpc) is 2.73. The molecule has 0 aromatic rings. The van der Waals surface area contributed by atoms with Crippen LogP contribution in [0.2, 0.25) is 0 Å². The standard InChI is InChI=1S/C11H17N3O3/c1-2-3-12-5-7-4-8-6-13(9(7)10(12)15)11(16)14(8)17/h7-9,17H,2-6H2,1H3. The van der Waals surface area contributed by atoms with Crippen LogP contribution in [0.5, 0.6) is 0 Å². The number of carbonyl (C=O) groups is 2. The van der Waals surface area contributed by atoms with Crippen LogP contribution in [-0.2, 0) is 4.79 Å². The molecule has 3 unspecified atom stereocenters. The van der Waals surface area contributed by atoms with Gasteiger partial charge in [0, 0.05) is 25.6 Å². The number of hydrogen-bond donors (Lipinski definition) is 1. The van der Waals surface area contributed by atoms with Gasteiger partial charge in [-0.1, -0.05) is 6.92 Å². The molecule has 6 heteroatoms. The molecule has 6 nitrogen and oxygen atoms in total. The van der Waals surface area contributed by atoms with Gasteiger partial charge in [-0.25, -0.2) is 9.86 Å². The van der Waals surface area contributed by atoms with E-state index in [0.29, 0.717) is 6.54 Å². The van der Waals surface area contributed by atoms with Gasteiger partial charge in [0.15, 0.2) is 0 Å². The summed E-state index contributed by atoms with van der Waals surface area (Å²) in [6.07, 6.45) is 1.67. The van der Waals surface area contributed by atoms with Crippen molar-refractivity contribution in [2.24, 2.45) is 5.92 Å². The number of nitrogens with zero attached hydrogens (tertiary/aromatic N) is 3. The lowest BCUT2D eigenvalue weighted by atomic mass is 9.91. The van der Waals surface area contributed by atoms with E-state index < -0.39 is 6.03 Å². The third-order valence-electron chi connectivity index (χ3n) is 4.07. The summed E-state index contributed by atoms with van der Waals surface area (Å²) in [6, 6.07) is -0.866. The van der Waals surface area contributed by atoms with Crippen LogP contribution in [0.4, 0.5) is 4.79 Å². The van der Waals surface area contributed by atoms with Gasteiger partial charge in [-0.2, -0.15) is 0 Å². The van der Waals surface area contributed by atoms with E-state index in [4.69, 9.17) is 0 Å². The van der Waals surface area contributed by atoms with Crippen LogP contribution in [0.3, 0.4) is 0 Å². The molecule has 1 N–H and O–H groups in total. The highest BCUT2D eigenvalue weighted by Gasteiger charge is 2.55. The fourth-order valence-electron chi connectivity index (χ4n) is 3.35. The fourth-order valence-corrected chi connectivity index (χ4v) is 3.35. The average molecular weight is 239 g/mol. The number of urea groups is 1. The molecule has 17 heavy (non-hydrogen) atoms. The van der Waals surface area contributed by atoms with Crippen molar-refractivity contribution in [1.82, 2.24) is 14.9 Å². The summed E-state index contributed by atoms with van der Waals surface area (Å²) in [7, 11) is 0. The number of carbonyl (C=O) groups excluding carboxylic acids is 2. The van der Waals surface area contributed by atoms with E-state index in [1.165, 1.54) is 4.90 Å². The Bertz CT molecular complexity index is 373. The summed E-state index contributed by atoms with van der Waals surface area (Å²) in [6.45, 7) is 4.03. The molecule has 94 valence electrons. The first kappa shape index (κ1) is 10.8. The smallest absolute Gasteiger partial charge is 0.341 e. The second-order valence-corrected chi connectivity index (χ2v) is 5.16. The molecule has 3 amide bonds.